The molecule has 0 radical (unpaired) electrons. The average Bonchev–Trinajstić information content (AvgIpc) is 4.01. The second-order valence-corrected chi connectivity index (χ2v) is 16.9. The van der Waals surface area contributed by atoms with Gasteiger partial charge in [0, 0.05) is 37.3 Å². The molecule has 0 spiro atoms. The largest absolute Gasteiger partial charge is 0.446 e. The van der Waals surface area contributed by atoms with E-state index in [0.29, 0.717) is 62.9 Å². The van der Waals surface area contributed by atoms with E-state index < -0.39 is 80.6 Å². The first-order chi connectivity index (χ1) is 25.4. The molecule has 4 heterocycles. The molecule has 4 fully saturated rings. The van der Waals surface area contributed by atoms with Crippen LogP contribution in [0.1, 0.15) is 81.8 Å². The van der Waals surface area contributed by atoms with Crippen molar-refractivity contribution in [3.05, 3.63) is 47.3 Å². The normalized spacial score (nSPS) is 29.5. The van der Waals surface area contributed by atoms with Crippen LogP contribution >= 0.6 is 0 Å². The van der Waals surface area contributed by atoms with Gasteiger partial charge in [-0.1, -0.05) is 37.1 Å². The first-order valence-electron chi connectivity index (χ1n) is 18.6. The van der Waals surface area contributed by atoms with Gasteiger partial charge in [0.05, 0.1) is 31.6 Å². The number of rotatable bonds is 6. The van der Waals surface area contributed by atoms with Crippen LogP contribution in [0.4, 0.5) is 14.0 Å². The summed E-state index contributed by atoms with van der Waals surface area (Å²) < 4.78 is 58.9. The molecule has 17 heteroatoms. The van der Waals surface area contributed by atoms with E-state index in [1.165, 1.54) is 15.9 Å². The quantitative estimate of drug-likeness (QED) is 0.364. The number of amides is 5. The molecule has 3 N–H and O–H groups in total. The molecule has 2 saturated heterocycles. The number of alkyl carbamates (subject to hydrolysis) is 1. The Hall–Kier alpha value is -4.25. The van der Waals surface area contributed by atoms with Gasteiger partial charge in [-0.25, -0.2) is 22.4 Å². The molecular formula is C36H46FN5O10S. The zero-order valence-electron chi connectivity index (χ0n) is 29.4. The molecule has 1 aromatic carbocycles. The van der Waals surface area contributed by atoms with Crippen LogP contribution in [-0.4, -0.2) is 103 Å². The number of sulfonamides is 1. The third-order valence-corrected chi connectivity index (χ3v) is 12.8. The lowest BCUT2D eigenvalue weighted by Crippen LogP contribution is -2.58. The number of halogens is 1. The molecule has 2 saturated carbocycles. The van der Waals surface area contributed by atoms with Gasteiger partial charge in [-0.15, -0.1) is 0 Å². The van der Waals surface area contributed by atoms with Crippen molar-refractivity contribution < 1.29 is 51.0 Å². The van der Waals surface area contributed by atoms with Gasteiger partial charge in [0.2, 0.25) is 21.8 Å². The molecular weight excluding hydrogens is 713 g/mol. The van der Waals surface area contributed by atoms with Gasteiger partial charge >= 0.3 is 12.2 Å². The molecule has 5 atom stereocenters. The Morgan fingerprint density at radius 1 is 0.981 bits per heavy atom. The van der Waals surface area contributed by atoms with Crippen LogP contribution in [0.15, 0.2) is 30.4 Å². The highest BCUT2D eigenvalue weighted by molar-refractivity contribution is 7.91. The number of carbonyl (C=O) groups excluding carboxylic acids is 5. The molecule has 15 nitrogen and oxygen atoms in total. The van der Waals surface area contributed by atoms with Crippen molar-refractivity contribution in [3.8, 4) is 0 Å². The average molecular weight is 760 g/mol. The summed E-state index contributed by atoms with van der Waals surface area (Å²) in [5.74, 6) is -3.06. The van der Waals surface area contributed by atoms with Crippen molar-refractivity contribution in [2.75, 3.05) is 19.8 Å². The molecule has 0 bridgehead atoms. The summed E-state index contributed by atoms with van der Waals surface area (Å²) in [4.78, 5) is 71.3. The van der Waals surface area contributed by atoms with Gasteiger partial charge in [0.25, 0.3) is 5.91 Å². The van der Waals surface area contributed by atoms with Gasteiger partial charge in [-0.05, 0) is 50.2 Å². The predicted molar refractivity (Wildman–Crippen MR) is 185 cm³/mol. The number of benzene rings is 1. The first kappa shape index (κ1) is 37.1. The van der Waals surface area contributed by atoms with Gasteiger partial charge in [-0.3, -0.25) is 24.0 Å². The number of fused-ring (bicyclic) bond motifs is 3. The molecule has 0 unspecified atom stereocenters. The summed E-state index contributed by atoms with van der Waals surface area (Å²) >= 11 is 0. The van der Waals surface area contributed by atoms with Crippen molar-refractivity contribution in [3.63, 3.8) is 0 Å². The maximum Gasteiger partial charge on any atom is 0.410 e. The standard InChI is InChI=1S/C36H46FN5O10S/c37-28-9-6-7-22-19-41(21-27(22)28)35(47)52-25-17-30-31(43)39-36(33(45)40-53(48,49)26-11-12-26)18-23(36)8-4-2-1-3-5-10-29(32(44)42(30)20-25)38-34(46)51-24-13-15-50-16-14-24/h4,6-9,23-26,29-30H,1-3,5,10-21H2,(H,38,46)(H,39,43)(H,40,45)/t23-,25-,29+,30+,36-/m1/s1. The van der Waals surface area contributed by atoms with Crippen LogP contribution in [-0.2, 0) is 51.7 Å². The third kappa shape index (κ3) is 8.30. The van der Waals surface area contributed by atoms with E-state index in [2.05, 4.69) is 15.4 Å². The van der Waals surface area contributed by atoms with Crippen LogP contribution in [0.5, 0.6) is 0 Å². The van der Waals surface area contributed by atoms with Crippen molar-refractivity contribution in [2.24, 2.45) is 5.92 Å². The molecule has 5 amide bonds. The monoisotopic (exact) mass is 759 g/mol. The van der Waals surface area contributed by atoms with E-state index in [-0.39, 0.29) is 45.0 Å². The molecule has 0 aromatic heterocycles. The van der Waals surface area contributed by atoms with Crippen LogP contribution in [0.3, 0.4) is 0 Å². The van der Waals surface area contributed by atoms with E-state index in [9.17, 15) is 36.8 Å². The van der Waals surface area contributed by atoms with E-state index in [0.717, 1.165) is 12.8 Å². The second kappa shape index (κ2) is 15.2. The third-order valence-electron chi connectivity index (χ3n) is 11.0. The molecule has 53 heavy (non-hydrogen) atoms. The number of hydrogen-bond acceptors (Lipinski definition) is 10. The Balaban J connectivity index is 1.12. The Morgan fingerprint density at radius 3 is 2.53 bits per heavy atom. The van der Waals surface area contributed by atoms with E-state index in [1.807, 2.05) is 12.2 Å². The Kier molecular flexibility index (Phi) is 10.7. The summed E-state index contributed by atoms with van der Waals surface area (Å²) in [7, 11) is -3.92. The SMILES string of the molecule is O=C(N[C@H]1CCCCCC=C[C@@H]2C[C@@]2(C(=O)NS(=O)(=O)C2CC2)NC(=O)[C@@H]2C[C@@H](OC(=O)N3Cc4cccc(F)c4C3)CN2C1=O)OC1CCOCC1. The van der Waals surface area contributed by atoms with Crippen molar-refractivity contribution in [2.45, 2.75) is 119 Å². The van der Waals surface area contributed by atoms with Crippen molar-refractivity contribution in [1.82, 2.24) is 25.2 Å². The number of nitrogens with one attached hydrogen (secondary N) is 3. The highest BCUT2D eigenvalue weighted by Gasteiger charge is 2.62. The molecule has 2 aliphatic carbocycles. The lowest BCUT2D eigenvalue weighted by molar-refractivity contribution is -0.141. The smallest absolute Gasteiger partial charge is 0.410 e. The number of carbonyl (C=O) groups is 5. The van der Waals surface area contributed by atoms with Crippen LogP contribution in [0.25, 0.3) is 0 Å². The minimum absolute atomic E-state index is 0.00233. The molecule has 288 valence electrons. The molecule has 4 aliphatic heterocycles. The Labute approximate surface area is 307 Å². The fraction of sp³-hybridized carbons (Fsp3) is 0.639. The highest BCUT2D eigenvalue weighted by Crippen LogP contribution is 2.46. The van der Waals surface area contributed by atoms with Crippen molar-refractivity contribution >= 4 is 39.9 Å². The van der Waals surface area contributed by atoms with Gasteiger partial charge in [-0.2, -0.15) is 0 Å². The molecule has 6 aliphatic rings. The number of allylic oxidation sites excluding steroid dienone is 1. The summed E-state index contributed by atoms with van der Waals surface area (Å²) in [6.07, 6.45) is 5.82. The predicted octanol–water partition coefficient (Wildman–Crippen LogP) is 2.52. The molecule has 1 aromatic rings. The van der Waals surface area contributed by atoms with Gasteiger partial charge in [0.1, 0.15) is 35.6 Å². The van der Waals surface area contributed by atoms with Crippen LogP contribution in [0, 0.1) is 11.7 Å². The van der Waals surface area contributed by atoms with Gasteiger partial charge in [0.15, 0.2) is 0 Å². The van der Waals surface area contributed by atoms with E-state index in [1.54, 1.807) is 12.1 Å². The van der Waals surface area contributed by atoms with E-state index in [4.69, 9.17) is 14.2 Å². The van der Waals surface area contributed by atoms with Crippen LogP contribution < -0.4 is 15.4 Å². The second-order valence-electron chi connectivity index (χ2n) is 14.9. The summed E-state index contributed by atoms with van der Waals surface area (Å²) in [6.45, 7) is 0.833. The van der Waals surface area contributed by atoms with Crippen LogP contribution in [0.2, 0.25) is 0 Å². The lowest BCUT2D eigenvalue weighted by atomic mass is 10.0. The maximum atomic E-state index is 14.4. The lowest BCUT2D eigenvalue weighted by Gasteiger charge is -2.30. The summed E-state index contributed by atoms with van der Waals surface area (Å²) in [5.41, 5.74) is -0.520. The van der Waals surface area contributed by atoms with E-state index >= 15 is 0 Å². The first-order valence-corrected chi connectivity index (χ1v) is 20.1. The Bertz CT molecular complexity index is 1770. The Morgan fingerprint density at radius 2 is 1.77 bits per heavy atom. The maximum absolute atomic E-state index is 14.4. The van der Waals surface area contributed by atoms with Gasteiger partial charge < -0.3 is 29.7 Å². The fourth-order valence-electron chi connectivity index (χ4n) is 7.70. The zero-order chi connectivity index (χ0) is 37.3. The summed E-state index contributed by atoms with van der Waals surface area (Å²) in [5, 5.41) is 4.85. The number of nitrogens with zero attached hydrogens (tertiary/aromatic N) is 2. The minimum atomic E-state index is -3.92. The van der Waals surface area contributed by atoms with Crippen molar-refractivity contribution in [1.29, 1.82) is 0 Å². The zero-order valence-corrected chi connectivity index (χ0v) is 30.2. The number of ether oxygens (including phenoxy) is 3. The highest BCUT2D eigenvalue weighted by atomic mass is 32.2. The molecule has 7 rings (SSSR count). The number of hydrogen-bond donors (Lipinski definition) is 3. The topological polar surface area (TPSA) is 190 Å². The minimum Gasteiger partial charge on any atom is -0.446 e. The summed E-state index contributed by atoms with van der Waals surface area (Å²) in [6, 6.07) is 2.30. The fourth-order valence-corrected chi connectivity index (χ4v) is 9.06.